The summed E-state index contributed by atoms with van der Waals surface area (Å²) < 4.78 is 0. The normalized spacial score (nSPS) is 13.7. The number of hydrogen-bond donors (Lipinski definition) is 0. The second-order valence-corrected chi connectivity index (χ2v) is 14.2. The molecule has 0 radical (unpaired) electrons. The molecule has 0 amide bonds. The van der Waals surface area contributed by atoms with Gasteiger partial charge in [0, 0.05) is 64.2 Å². The molecule has 0 N–H and O–H groups in total. The SMILES string of the molecule is BrCC(CBr)(CBr)CP(CC(CBr)(CBr)CBr)CC(CBr)(CBr)CBr. The predicted molar refractivity (Wildman–Crippen MR) is 153 cm³/mol. The second kappa shape index (κ2) is 15.5. The molecule has 0 aromatic rings. The molecule has 10 heteroatoms. The summed E-state index contributed by atoms with van der Waals surface area (Å²) in [5.74, 6) is 0. The van der Waals surface area contributed by atoms with E-state index in [4.69, 9.17) is 0 Å². The van der Waals surface area contributed by atoms with E-state index in [0.717, 1.165) is 48.0 Å². The maximum Gasteiger partial charge on any atom is 0.0107 e. The lowest BCUT2D eigenvalue weighted by Crippen LogP contribution is -2.39. The molecule has 25 heavy (non-hydrogen) atoms. The van der Waals surface area contributed by atoms with Crippen molar-refractivity contribution in [2.24, 2.45) is 16.2 Å². The van der Waals surface area contributed by atoms with Crippen molar-refractivity contribution in [1.82, 2.24) is 0 Å². The van der Waals surface area contributed by atoms with Crippen molar-refractivity contribution in [3.8, 4) is 0 Å². The van der Waals surface area contributed by atoms with E-state index in [-0.39, 0.29) is 24.2 Å². The van der Waals surface area contributed by atoms with Crippen molar-refractivity contribution in [3.63, 3.8) is 0 Å². The van der Waals surface area contributed by atoms with Crippen LogP contribution in [0.3, 0.4) is 0 Å². The Bertz CT molecular complexity index is 267. The highest BCUT2D eigenvalue weighted by molar-refractivity contribution is 9.11. The molecule has 0 fully saturated rings. The van der Waals surface area contributed by atoms with Gasteiger partial charge in [-0.3, -0.25) is 0 Å². The number of hydrogen-bond acceptors (Lipinski definition) is 0. The third-order valence-electron chi connectivity index (χ3n) is 4.23. The van der Waals surface area contributed by atoms with E-state index in [2.05, 4.69) is 143 Å². The van der Waals surface area contributed by atoms with Gasteiger partial charge >= 0.3 is 0 Å². The lowest BCUT2D eigenvalue weighted by molar-refractivity contribution is 0.486. The summed E-state index contributed by atoms with van der Waals surface area (Å²) in [4.78, 5) is 0. The number of alkyl halides is 9. The van der Waals surface area contributed by atoms with E-state index < -0.39 is 0 Å². The van der Waals surface area contributed by atoms with Gasteiger partial charge in [-0.2, -0.15) is 0 Å². The van der Waals surface area contributed by atoms with Gasteiger partial charge < -0.3 is 0 Å². The van der Waals surface area contributed by atoms with Gasteiger partial charge in [-0.1, -0.05) is 143 Å². The summed E-state index contributed by atoms with van der Waals surface area (Å²) >= 11 is 34.0. The fraction of sp³-hybridized carbons (Fsp3) is 1.00. The first kappa shape index (κ1) is 29.8. The first-order valence-corrected chi connectivity index (χ1v) is 19.6. The molecule has 152 valence electrons. The highest BCUT2D eigenvalue weighted by atomic mass is 79.9. The van der Waals surface area contributed by atoms with E-state index in [9.17, 15) is 0 Å². The Balaban J connectivity index is 5.64. The van der Waals surface area contributed by atoms with Crippen LogP contribution in [0.5, 0.6) is 0 Å². The molecule has 0 heterocycles. The average Bonchev–Trinajstić information content (AvgIpc) is 2.68. The quantitative estimate of drug-likeness (QED) is 0.114. The highest BCUT2D eigenvalue weighted by Gasteiger charge is 2.39. The van der Waals surface area contributed by atoms with Crippen LogP contribution in [0.25, 0.3) is 0 Å². The topological polar surface area (TPSA) is 0 Å². The predicted octanol–water partition coefficient (Wildman–Crippen LogP) is 8.98. The van der Waals surface area contributed by atoms with Crippen LogP contribution in [0.4, 0.5) is 0 Å². The summed E-state index contributed by atoms with van der Waals surface area (Å²) in [7, 11) is -0.147. The number of rotatable bonds is 15. The smallest absolute Gasteiger partial charge is 0.0107 e. The van der Waals surface area contributed by atoms with Gasteiger partial charge in [-0.05, 0) is 18.5 Å². The Labute approximate surface area is 230 Å². The van der Waals surface area contributed by atoms with Crippen LogP contribution in [0.1, 0.15) is 0 Å². The third-order valence-corrected chi connectivity index (χ3v) is 18.3. The van der Waals surface area contributed by atoms with Crippen LogP contribution >= 0.6 is 151 Å². The Hall–Kier alpha value is 4.75. The van der Waals surface area contributed by atoms with Crippen molar-refractivity contribution >= 4 is 151 Å². The van der Waals surface area contributed by atoms with Gasteiger partial charge in [-0.15, -0.1) is 7.92 Å². The van der Waals surface area contributed by atoms with Crippen LogP contribution in [-0.2, 0) is 0 Å². The van der Waals surface area contributed by atoms with Crippen LogP contribution < -0.4 is 0 Å². The minimum atomic E-state index is -0.147. The highest BCUT2D eigenvalue weighted by Crippen LogP contribution is 2.53. The zero-order valence-electron chi connectivity index (χ0n) is 13.8. The maximum atomic E-state index is 3.78. The van der Waals surface area contributed by atoms with Crippen molar-refractivity contribution in [3.05, 3.63) is 0 Å². The van der Waals surface area contributed by atoms with E-state index in [1.807, 2.05) is 0 Å². The van der Waals surface area contributed by atoms with Crippen LogP contribution in [0, 0.1) is 16.2 Å². The molecular formula is C15H24Br9P. The Morgan fingerprint density at radius 2 is 0.520 bits per heavy atom. The molecule has 0 saturated carbocycles. The summed E-state index contributed by atoms with van der Waals surface area (Å²) in [6.07, 6.45) is 3.77. The largest absolute Gasteiger partial charge is 0.105 e. The van der Waals surface area contributed by atoms with Gasteiger partial charge in [0.2, 0.25) is 0 Å². The van der Waals surface area contributed by atoms with E-state index in [1.54, 1.807) is 0 Å². The Morgan fingerprint density at radius 3 is 0.640 bits per heavy atom. The van der Waals surface area contributed by atoms with E-state index in [0.29, 0.717) is 0 Å². The van der Waals surface area contributed by atoms with Crippen molar-refractivity contribution in [2.45, 2.75) is 0 Å². The van der Waals surface area contributed by atoms with Gasteiger partial charge in [-0.25, -0.2) is 0 Å². The van der Waals surface area contributed by atoms with Crippen molar-refractivity contribution in [1.29, 1.82) is 0 Å². The molecule has 0 rings (SSSR count). The zero-order valence-corrected chi connectivity index (χ0v) is 29.0. The maximum absolute atomic E-state index is 3.78. The van der Waals surface area contributed by atoms with Crippen LogP contribution in [0.15, 0.2) is 0 Å². The molecule has 0 unspecified atom stereocenters. The van der Waals surface area contributed by atoms with Gasteiger partial charge in [0.1, 0.15) is 0 Å². The zero-order chi connectivity index (χ0) is 19.6. The molecule has 0 nitrogen and oxygen atoms in total. The first-order valence-electron chi connectivity index (χ1n) is 7.60. The minimum absolute atomic E-state index is 0.147. The minimum Gasteiger partial charge on any atom is -0.105 e. The Morgan fingerprint density at radius 1 is 0.360 bits per heavy atom. The third kappa shape index (κ3) is 9.41. The molecule has 0 aromatic heterocycles. The van der Waals surface area contributed by atoms with Crippen molar-refractivity contribution < 1.29 is 0 Å². The number of halogens is 9. The molecule has 0 bridgehead atoms. The fourth-order valence-electron chi connectivity index (χ4n) is 2.29. The molecule has 0 aliphatic rings. The van der Waals surface area contributed by atoms with Gasteiger partial charge in [0.15, 0.2) is 0 Å². The van der Waals surface area contributed by atoms with Gasteiger partial charge in [0.05, 0.1) is 0 Å². The first-order chi connectivity index (χ1) is 11.8. The summed E-state index contributed by atoms with van der Waals surface area (Å²) in [6, 6.07) is 0. The van der Waals surface area contributed by atoms with Crippen molar-refractivity contribution in [2.75, 3.05) is 66.5 Å². The molecule has 0 aromatic carbocycles. The Kier molecular flexibility index (Phi) is 18.5. The lowest BCUT2D eigenvalue weighted by atomic mass is 9.99. The molecule has 0 spiro atoms. The van der Waals surface area contributed by atoms with Crippen LogP contribution in [-0.4, -0.2) is 66.5 Å². The van der Waals surface area contributed by atoms with E-state index >= 15 is 0 Å². The van der Waals surface area contributed by atoms with E-state index in [1.165, 1.54) is 18.5 Å². The summed E-state index contributed by atoms with van der Waals surface area (Å²) in [6.45, 7) is 0. The molecule has 0 aliphatic heterocycles. The van der Waals surface area contributed by atoms with Crippen LogP contribution in [0.2, 0.25) is 0 Å². The lowest BCUT2D eigenvalue weighted by Gasteiger charge is -2.41. The molecule has 0 atom stereocenters. The summed E-state index contributed by atoms with van der Waals surface area (Å²) in [5.41, 5.74) is 0.789. The fourth-order valence-corrected chi connectivity index (χ4v) is 19.4. The molecule has 0 saturated heterocycles. The summed E-state index contributed by atoms with van der Waals surface area (Å²) in [5, 5.41) is 9.15. The second-order valence-electron chi connectivity index (χ2n) is 6.85. The molecule has 0 aliphatic carbocycles. The molecular weight excluding hydrogens is 930 g/mol. The average molecular weight is 954 g/mol. The standard InChI is InChI=1S/C15H24Br9P/c16-1-13(2-17,3-18)10-25(11-14(4-19,5-20)6-21)12-15(7-22,8-23)9-24/h1-12H2. The monoisotopic (exact) mass is 945 g/mol. The van der Waals surface area contributed by atoms with Gasteiger partial charge in [0.25, 0.3) is 0 Å².